The summed E-state index contributed by atoms with van der Waals surface area (Å²) in [5, 5.41) is 5.83. The summed E-state index contributed by atoms with van der Waals surface area (Å²) in [7, 11) is 0. The van der Waals surface area contributed by atoms with Gasteiger partial charge in [0.15, 0.2) is 11.6 Å². The molecule has 4 heterocycles. The van der Waals surface area contributed by atoms with Gasteiger partial charge in [0.25, 0.3) is 0 Å². The van der Waals surface area contributed by atoms with Crippen LogP contribution < -0.4 is 0 Å². The quantitative estimate of drug-likeness (QED) is 0.218. The second kappa shape index (κ2) is 9.03. The maximum absolute atomic E-state index is 5.16. The summed E-state index contributed by atoms with van der Waals surface area (Å²) < 4.78 is 4.68. The van der Waals surface area contributed by atoms with E-state index in [0.717, 1.165) is 43.8 Å². The first-order valence-electron chi connectivity index (χ1n) is 13.8. The van der Waals surface area contributed by atoms with Gasteiger partial charge in [0.2, 0.25) is 5.95 Å². The smallest absolute Gasteiger partial charge is 0.238 e. The molecule has 5 aromatic carbocycles. The topological polar surface area (TPSA) is 56.5 Å². The minimum absolute atomic E-state index is 0.575. The van der Waals surface area contributed by atoms with Gasteiger partial charge in [-0.05, 0) is 12.1 Å². The molecule has 9 aromatic rings. The molecule has 0 radical (unpaired) electrons. The highest BCUT2D eigenvalue weighted by Gasteiger charge is 2.22. The van der Waals surface area contributed by atoms with Crippen LogP contribution in [-0.2, 0) is 0 Å². The SMILES string of the molecule is c1ccc(-c2nc(-c3ccccc3)nc(-n3c4c(ccc5cccnc54)c4ccc5c6ccccc6sc5c43)n2)cc1. The van der Waals surface area contributed by atoms with Crippen LogP contribution in [0.25, 0.3) is 81.6 Å². The summed E-state index contributed by atoms with van der Waals surface area (Å²) in [5.74, 6) is 1.84. The van der Waals surface area contributed by atoms with Crippen LogP contribution in [0.4, 0.5) is 0 Å². The summed E-state index contributed by atoms with van der Waals surface area (Å²) in [6.07, 6.45) is 1.86. The Bertz CT molecular complexity index is 2400. The van der Waals surface area contributed by atoms with E-state index < -0.39 is 0 Å². The number of hydrogen-bond acceptors (Lipinski definition) is 5. The number of pyridine rings is 1. The van der Waals surface area contributed by atoms with Crippen molar-refractivity contribution in [3.63, 3.8) is 0 Å². The van der Waals surface area contributed by atoms with Gasteiger partial charge < -0.3 is 0 Å². The molecule has 0 saturated heterocycles. The van der Waals surface area contributed by atoms with Crippen LogP contribution >= 0.6 is 11.3 Å². The second-order valence-corrected chi connectivity index (χ2v) is 11.4. The minimum atomic E-state index is 0.575. The molecule has 0 bridgehead atoms. The molecule has 9 rings (SSSR count). The van der Waals surface area contributed by atoms with Gasteiger partial charge in [0.1, 0.15) is 0 Å². The molecule has 0 N–H and O–H groups in total. The third-order valence-electron chi connectivity index (χ3n) is 7.89. The van der Waals surface area contributed by atoms with Gasteiger partial charge in [0.05, 0.1) is 21.3 Å². The number of benzene rings is 5. The summed E-state index contributed by atoms with van der Waals surface area (Å²) >= 11 is 1.81. The number of aromatic nitrogens is 5. The van der Waals surface area contributed by atoms with Crippen LogP contribution in [0.2, 0.25) is 0 Å². The zero-order valence-corrected chi connectivity index (χ0v) is 23.1. The Labute approximate surface area is 244 Å². The number of thiophene rings is 1. The van der Waals surface area contributed by atoms with Gasteiger partial charge in [-0.2, -0.15) is 9.97 Å². The zero-order valence-electron chi connectivity index (χ0n) is 22.3. The Hall–Kier alpha value is -5.46. The van der Waals surface area contributed by atoms with Gasteiger partial charge >= 0.3 is 0 Å². The van der Waals surface area contributed by atoms with Crippen molar-refractivity contribution >= 4 is 64.2 Å². The van der Waals surface area contributed by atoms with Crippen molar-refractivity contribution in [3.8, 4) is 28.7 Å². The molecule has 6 heteroatoms. The van der Waals surface area contributed by atoms with Crippen molar-refractivity contribution < 1.29 is 0 Å². The average molecular weight is 556 g/mol. The predicted octanol–water partition coefficient (Wildman–Crippen LogP) is 9.22. The van der Waals surface area contributed by atoms with Gasteiger partial charge in [-0.25, -0.2) is 4.98 Å². The van der Waals surface area contributed by atoms with E-state index in [4.69, 9.17) is 19.9 Å². The fourth-order valence-electron chi connectivity index (χ4n) is 6.00. The maximum atomic E-state index is 5.16. The summed E-state index contributed by atoms with van der Waals surface area (Å²) in [6, 6.07) is 41.8. The first-order valence-corrected chi connectivity index (χ1v) is 14.6. The van der Waals surface area contributed by atoms with Crippen LogP contribution in [-0.4, -0.2) is 24.5 Å². The predicted molar refractivity (Wildman–Crippen MR) is 173 cm³/mol. The van der Waals surface area contributed by atoms with Crippen LogP contribution in [0.1, 0.15) is 0 Å². The highest BCUT2D eigenvalue weighted by Crippen LogP contribution is 2.44. The molecule has 0 aliphatic carbocycles. The molecule has 0 saturated carbocycles. The molecule has 196 valence electrons. The van der Waals surface area contributed by atoms with Gasteiger partial charge in [-0.15, -0.1) is 11.3 Å². The largest absolute Gasteiger partial charge is 0.274 e. The van der Waals surface area contributed by atoms with Crippen molar-refractivity contribution in [2.45, 2.75) is 0 Å². The van der Waals surface area contributed by atoms with Crippen LogP contribution in [0.5, 0.6) is 0 Å². The summed E-state index contributed by atoms with van der Waals surface area (Å²) in [5.41, 5.74) is 4.88. The van der Waals surface area contributed by atoms with E-state index in [1.807, 2.05) is 84.3 Å². The van der Waals surface area contributed by atoms with E-state index in [2.05, 4.69) is 59.2 Å². The number of nitrogens with zero attached hydrogens (tertiary/aromatic N) is 5. The van der Waals surface area contributed by atoms with E-state index in [1.54, 1.807) is 0 Å². The normalized spacial score (nSPS) is 11.8. The van der Waals surface area contributed by atoms with Crippen molar-refractivity contribution in [2.24, 2.45) is 0 Å². The number of rotatable bonds is 3. The highest BCUT2D eigenvalue weighted by molar-refractivity contribution is 7.26. The lowest BCUT2D eigenvalue weighted by Crippen LogP contribution is -2.06. The van der Waals surface area contributed by atoms with Gasteiger partial charge in [-0.3, -0.25) is 9.55 Å². The number of hydrogen-bond donors (Lipinski definition) is 0. The average Bonchev–Trinajstić information content (AvgIpc) is 3.62. The Morgan fingerprint density at radius 3 is 1.90 bits per heavy atom. The van der Waals surface area contributed by atoms with Crippen molar-refractivity contribution in [1.82, 2.24) is 24.5 Å². The summed E-state index contributed by atoms with van der Waals surface area (Å²) in [6.45, 7) is 0. The third kappa shape index (κ3) is 3.42. The molecule has 42 heavy (non-hydrogen) atoms. The molecule has 0 fully saturated rings. The lowest BCUT2D eigenvalue weighted by atomic mass is 10.1. The lowest BCUT2D eigenvalue weighted by molar-refractivity contribution is 0.956. The first kappa shape index (κ1) is 23.3. The van der Waals surface area contributed by atoms with Gasteiger partial charge in [-0.1, -0.05) is 109 Å². The van der Waals surface area contributed by atoms with Crippen molar-refractivity contribution in [1.29, 1.82) is 0 Å². The molecule has 5 nitrogen and oxygen atoms in total. The molecular formula is C36H21N5S. The third-order valence-corrected chi connectivity index (χ3v) is 9.09. The van der Waals surface area contributed by atoms with E-state index in [-0.39, 0.29) is 0 Å². The van der Waals surface area contributed by atoms with E-state index >= 15 is 0 Å². The van der Waals surface area contributed by atoms with E-state index in [0.29, 0.717) is 17.6 Å². The van der Waals surface area contributed by atoms with Crippen LogP contribution in [0.3, 0.4) is 0 Å². The van der Waals surface area contributed by atoms with Crippen LogP contribution in [0.15, 0.2) is 128 Å². The second-order valence-electron chi connectivity index (χ2n) is 10.3. The van der Waals surface area contributed by atoms with Gasteiger partial charge in [0, 0.05) is 49.0 Å². The molecule has 0 aliphatic rings. The van der Waals surface area contributed by atoms with Crippen LogP contribution in [0, 0.1) is 0 Å². The molecular weight excluding hydrogens is 534 g/mol. The lowest BCUT2D eigenvalue weighted by Gasteiger charge is -2.12. The fourth-order valence-corrected chi connectivity index (χ4v) is 7.24. The molecule has 0 spiro atoms. The molecule has 0 amide bonds. The number of fused-ring (bicyclic) bond motifs is 9. The Morgan fingerprint density at radius 2 is 1.14 bits per heavy atom. The zero-order chi connectivity index (χ0) is 27.6. The fraction of sp³-hybridized carbons (Fsp3) is 0. The molecule has 0 aliphatic heterocycles. The Morgan fingerprint density at radius 1 is 0.500 bits per heavy atom. The standard InChI is InChI=1S/C36H21N5S/c1-3-10-23(11-4-1)34-38-35(24-12-5-2-6-13-24)40-36(39-34)41-31-26(18-17-22-14-9-21-37-30(22)31)27-19-20-28-25-15-7-8-16-29(25)42-33(28)32(27)41/h1-21H. The molecule has 0 atom stereocenters. The Kier molecular flexibility index (Phi) is 5.00. The van der Waals surface area contributed by atoms with Crippen molar-refractivity contribution in [2.75, 3.05) is 0 Å². The van der Waals surface area contributed by atoms with Crippen molar-refractivity contribution in [3.05, 3.63) is 128 Å². The molecule has 0 unspecified atom stereocenters. The summed E-state index contributed by atoms with van der Waals surface area (Å²) in [4.78, 5) is 20.2. The maximum Gasteiger partial charge on any atom is 0.238 e. The highest BCUT2D eigenvalue weighted by atomic mass is 32.1. The monoisotopic (exact) mass is 555 g/mol. The minimum Gasteiger partial charge on any atom is -0.274 e. The van der Waals surface area contributed by atoms with E-state index in [9.17, 15) is 0 Å². The Balaban J connectivity index is 1.49. The first-order chi connectivity index (χ1) is 20.8. The van der Waals surface area contributed by atoms with E-state index in [1.165, 1.54) is 20.2 Å². The molecule has 4 aromatic heterocycles.